The Morgan fingerprint density at radius 3 is 2.52 bits per heavy atom. The van der Waals surface area contributed by atoms with Gasteiger partial charge in [-0.15, -0.1) is 0 Å². The Kier molecular flexibility index (Phi) is 4.90. The van der Waals surface area contributed by atoms with E-state index >= 15 is 0 Å². The van der Waals surface area contributed by atoms with Crippen molar-refractivity contribution in [2.45, 2.75) is 12.3 Å². The molecule has 2 heterocycles. The van der Waals surface area contributed by atoms with E-state index < -0.39 is 5.91 Å². The standard InChI is InChI=1S/C21H20N4O4/c1-28-15-8-4-14(5-9-15)25-21-18(11-23-25)17(10-20(27)24-21)13-2-6-16(7-3-13)29-12-19(22)26/h2-9,11,17H,10,12H2,1H3,(H2,22,26)(H,24,27). The lowest BCUT2D eigenvalue weighted by atomic mass is 9.87. The van der Waals surface area contributed by atoms with Gasteiger partial charge in [-0.2, -0.15) is 5.10 Å². The van der Waals surface area contributed by atoms with Crippen molar-refractivity contribution < 1.29 is 19.1 Å². The SMILES string of the molecule is COc1ccc(-n2ncc3c2NC(=O)CC3c2ccc(OCC(N)=O)cc2)cc1. The fourth-order valence-corrected chi connectivity index (χ4v) is 3.39. The van der Waals surface area contributed by atoms with E-state index in [1.165, 1.54) is 0 Å². The smallest absolute Gasteiger partial charge is 0.255 e. The summed E-state index contributed by atoms with van der Waals surface area (Å²) >= 11 is 0. The molecular weight excluding hydrogens is 372 g/mol. The number of anilines is 1. The van der Waals surface area contributed by atoms with Gasteiger partial charge < -0.3 is 20.5 Å². The zero-order valence-electron chi connectivity index (χ0n) is 15.8. The van der Waals surface area contributed by atoms with Gasteiger partial charge in [-0.3, -0.25) is 9.59 Å². The third-order valence-electron chi connectivity index (χ3n) is 4.80. The third-order valence-corrected chi connectivity index (χ3v) is 4.80. The molecule has 0 fully saturated rings. The van der Waals surface area contributed by atoms with Crippen LogP contribution in [0.2, 0.25) is 0 Å². The minimum absolute atomic E-state index is 0.0770. The van der Waals surface area contributed by atoms with Gasteiger partial charge in [-0.25, -0.2) is 4.68 Å². The van der Waals surface area contributed by atoms with E-state index in [2.05, 4.69) is 10.4 Å². The molecular formula is C21H20N4O4. The van der Waals surface area contributed by atoms with Crippen LogP contribution in [-0.2, 0) is 9.59 Å². The molecule has 1 atom stereocenters. The van der Waals surface area contributed by atoms with Crippen LogP contribution in [0.25, 0.3) is 5.69 Å². The zero-order chi connectivity index (χ0) is 20.4. The van der Waals surface area contributed by atoms with Crippen molar-refractivity contribution in [3.63, 3.8) is 0 Å². The van der Waals surface area contributed by atoms with E-state index in [1.807, 2.05) is 36.4 Å². The van der Waals surface area contributed by atoms with E-state index in [-0.39, 0.29) is 18.4 Å². The number of rotatable bonds is 6. The number of ether oxygens (including phenoxy) is 2. The second kappa shape index (κ2) is 7.67. The van der Waals surface area contributed by atoms with Crippen molar-refractivity contribution in [1.29, 1.82) is 0 Å². The second-order valence-electron chi connectivity index (χ2n) is 6.69. The maximum absolute atomic E-state index is 12.4. The highest BCUT2D eigenvalue weighted by Gasteiger charge is 2.30. The number of nitrogens with one attached hydrogen (secondary N) is 1. The number of benzene rings is 2. The Hall–Kier alpha value is -3.81. The van der Waals surface area contributed by atoms with E-state index in [0.717, 1.165) is 22.6 Å². The molecule has 0 saturated carbocycles. The minimum atomic E-state index is -0.534. The summed E-state index contributed by atoms with van der Waals surface area (Å²) in [4.78, 5) is 23.2. The van der Waals surface area contributed by atoms with Crippen molar-refractivity contribution >= 4 is 17.6 Å². The predicted molar refractivity (Wildman–Crippen MR) is 106 cm³/mol. The molecule has 2 amide bonds. The van der Waals surface area contributed by atoms with Crippen molar-refractivity contribution in [3.05, 3.63) is 65.9 Å². The van der Waals surface area contributed by atoms with E-state index in [1.54, 1.807) is 30.1 Å². The maximum Gasteiger partial charge on any atom is 0.255 e. The number of fused-ring (bicyclic) bond motifs is 1. The Labute approximate surface area is 167 Å². The topological polar surface area (TPSA) is 108 Å². The molecule has 8 heteroatoms. The average molecular weight is 392 g/mol. The van der Waals surface area contributed by atoms with E-state index in [0.29, 0.717) is 18.0 Å². The highest BCUT2D eigenvalue weighted by molar-refractivity contribution is 5.94. The summed E-state index contributed by atoms with van der Waals surface area (Å²) < 4.78 is 12.2. The van der Waals surface area contributed by atoms with Gasteiger partial charge in [0, 0.05) is 17.9 Å². The van der Waals surface area contributed by atoms with Gasteiger partial charge in [0.2, 0.25) is 5.91 Å². The monoisotopic (exact) mass is 392 g/mol. The first kappa shape index (κ1) is 18.5. The van der Waals surface area contributed by atoms with E-state index in [4.69, 9.17) is 15.2 Å². The number of amides is 2. The molecule has 4 rings (SSSR count). The summed E-state index contributed by atoms with van der Waals surface area (Å²) in [5.41, 5.74) is 7.82. The van der Waals surface area contributed by atoms with Gasteiger partial charge in [-0.1, -0.05) is 12.1 Å². The van der Waals surface area contributed by atoms with Crippen molar-refractivity contribution in [2.75, 3.05) is 19.0 Å². The Bertz CT molecular complexity index is 1040. The number of nitrogens with zero attached hydrogens (tertiary/aromatic N) is 2. The first-order valence-corrected chi connectivity index (χ1v) is 9.08. The van der Waals surface area contributed by atoms with Crippen LogP contribution >= 0.6 is 0 Å². The quantitative estimate of drug-likeness (QED) is 0.669. The fraction of sp³-hybridized carbons (Fsp3) is 0.190. The molecule has 3 N–H and O–H groups in total. The minimum Gasteiger partial charge on any atom is -0.497 e. The van der Waals surface area contributed by atoms with Crippen LogP contribution in [0, 0.1) is 0 Å². The van der Waals surface area contributed by atoms with Crippen LogP contribution in [0.3, 0.4) is 0 Å². The Morgan fingerprint density at radius 1 is 1.17 bits per heavy atom. The molecule has 0 bridgehead atoms. The molecule has 1 unspecified atom stereocenters. The maximum atomic E-state index is 12.4. The highest BCUT2D eigenvalue weighted by atomic mass is 16.5. The molecule has 1 aliphatic rings. The third kappa shape index (κ3) is 3.77. The van der Waals surface area contributed by atoms with Crippen molar-refractivity contribution in [1.82, 2.24) is 9.78 Å². The summed E-state index contributed by atoms with van der Waals surface area (Å²) in [6.45, 7) is -0.177. The molecule has 0 saturated heterocycles. The normalized spacial score (nSPS) is 15.3. The predicted octanol–water partition coefficient (Wildman–Crippen LogP) is 2.22. The highest BCUT2D eigenvalue weighted by Crippen LogP contribution is 2.38. The summed E-state index contributed by atoms with van der Waals surface area (Å²) in [7, 11) is 1.61. The molecule has 148 valence electrons. The van der Waals surface area contributed by atoms with Gasteiger partial charge in [0.15, 0.2) is 6.61 Å². The van der Waals surface area contributed by atoms with Gasteiger partial charge >= 0.3 is 0 Å². The average Bonchev–Trinajstić information content (AvgIpc) is 3.16. The van der Waals surface area contributed by atoms with Gasteiger partial charge in [0.25, 0.3) is 5.91 Å². The Balaban J connectivity index is 1.64. The fourth-order valence-electron chi connectivity index (χ4n) is 3.39. The number of aromatic nitrogens is 2. The second-order valence-corrected chi connectivity index (χ2v) is 6.69. The molecule has 0 spiro atoms. The summed E-state index contributed by atoms with van der Waals surface area (Å²) in [5.74, 6) is 1.21. The zero-order valence-corrected chi connectivity index (χ0v) is 15.8. The molecule has 1 aliphatic heterocycles. The van der Waals surface area contributed by atoms with Crippen molar-refractivity contribution in [2.24, 2.45) is 5.73 Å². The molecule has 8 nitrogen and oxygen atoms in total. The summed E-state index contributed by atoms with van der Waals surface area (Å²) in [6.07, 6.45) is 2.10. The molecule has 0 aliphatic carbocycles. The van der Waals surface area contributed by atoms with Crippen LogP contribution < -0.4 is 20.5 Å². The lowest BCUT2D eigenvalue weighted by Crippen LogP contribution is -2.24. The van der Waals surface area contributed by atoms with Gasteiger partial charge in [0.05, 0.1) is 19.0 Å². The first-order chi connectivity index (χ1) is 14.0. The molecule has 1 aromatic heterocycles. The number of carbonyl (C=O) groups is 2. The van der Waals surface area contributed by atoms with Crippen LogP contribution in [0.5, 0.6) is 11.5 Å². The molecule has 2 aromatic carbocycles. The summed E-state index contributed by atoms with van der Waals surface area (Å²) in [5, 5.41) is 7.42. The molecule has 29 heavy (non-hydrogen) atoms. The van der Waals surface area contributed by atoms with Crippen LogP contribution in [0.4, 0.5) is 5.82 Å². The number of primary amides is 1. The van der Waals surface area contributed by atoms with Crippen LogP contribution in [0.1, 0.15) is 23.5 Å². The number of nitrogens with two attached hydrogens (primary N) is 1. The number of hydrogen-bond acceptors (Lipinski definition) is 5. The van der Waals surface area contributed by atoms with Gasteiger partial charge in [0.1, 0.15) is 17.3 Å². The van der Waals surface area contributed by atoms with E-state index in [9.17, 15) is 9.59 Å². The van der Waals surface area contributed by atoms with Crippen molar-refractivity contribution in [3.8, 4) is 17.2 Å². The molecule has 0 radical (unpaired) electrons. The van der Waals surface area contributed by atoms with Crippen LogP contribution in [0.15, 0.2) is 54.7 Å². The Morgan fingerprint density at radius 2 is 1.86 bits per heavy atom. The number of hydrogen-bond donors (Lipinski definition) is 2. The largest absolute Gasteiger partial charge is 0.497 e. The lowest BCUT2D eigenvalue weighted by molar-refractivity contribution is -0.120. The first-order valence-electron chi connectivity index (χ1n) is 9.08. The van der Waals surface area contributed by atoms with Gasteiger partial charge in [-0.05, 0) is 42.0 Å². The van der Waals surface area contributed by atoms with Crippen LogP contribution in [-0.4, -0.2) is 35.3 Å². The summed E-state index contributed by atoms with van der Waals surface area (Å²) in [6, 6.07) is 14.7. The molecule has 3 aromatic rings. The number of methoxy groups -OCH3 is 1. The lowest BCUT2D eigenvalue weighted by Gasteiger charge is -2.24. The number of carbonyl (C=O) groups excluding carboxylic acids is 2.